The van der Waals surface area contributed by atoms with Crippen LogP contribution in [-0.2, 0) is 6.54 Å². The van der Waals surface area contributed by atoms with Gasteiger partial charge in [-0.3, -0.25) is 0 Å². The van der Waals surface area contributed by atoms with Crippen LogP contribution in [0.1, 0.15) is 24.1 Å². The van der Waals surface area contributed by atoms with E-state index in [-0.39, 0.29) is 6.04 Å². The van der Waals surface area contributed by atoms with Crippen LogP contribution >= 0.6 is 0 Å². The standard InChI is InChI=1S/C26H33N3O/c1-21(23-9-8-12-26(19-23)30-4)27-20-22-13-15-25(16-14-22)29(18-17-28(2)3)24-10-6-5-7-11-24/h5-16,19,21,27H,17-18,20H2,1-4H3/t21-/m1/s1. The quantitative estimate of drug-likeness (QED) is 0.501. The molecule has 30 heavy (non-hydrogen) atoms. The predicted molar refractivity (Wildman–Crippen MR) is 127 cm³/mol. The molecule has 0 aromatic heterocycles. The average molecular weight is 404 g/mol. The fourth-order valence-electron chi connectivity index (χ4n) is 3.41. The molecule has 1 N–H and O–H groups in total. The first-order valence-electron chi connectivity index (χ1n) is 10.5. The van der Waals surface area contributed by atoms with Gasteiger partial charge in [-0.1, -0.05) is 42.5 Å². The lowest BCUT2D eigenvalue weighted by Crippen LogP contribution is -2.28. The van der Waals surface area contributed by atoms with Crippen molar-refractivity contribution in [1.29, 1.82) is 0 Å². The zero-order valence-corrected chi connectivity index (χ0v) is 18.5. The fraction of sp³-hybridized carbons (Fsp3) is 0.308. The molecule has 0 unspecified atom stereocenters. The number of para-hydroxylation sites is 1. The summed E-state index contributed by atoms with van der Waals surface area (Å²) in [7, 11) is 5.93. The van der Waals surface area contributed by atoms with Crippen molar-refractivity contribution in [3.63, 3.8) is 0 Å². The van der Waals surface area contributed by atoms with E-state index in [1.54, 1.807) is 7.11 Å². The molecule has 0 fully saturated rings. The second-order valence-corrected chi connectivity index (χ2v) is 7.84. The Morgan fingerprint density at radius 3 is 2.20 bits per heavy atom. The number of hydrogen-bond donors (Lipinski definition) is 1. The molecule has 0 amide bonds. The summed E-state index contributed by atoms with van der Waals surface area (Å²) in [4.78, 5) is 4.59. The van der Waals surface area contributed by atoms with Crippen LogP contribution in [0.4, 0.5) is 11.4 Å². The van der Waals surface area contributed by atoms with E-state index in [1.165, 1.54) is 22.5 Å². The van der Waals surface area contributed by atoms with E-state index in [0.29, 0.717) is 0 Å². The van der Waals surface area contributed by atoms with Crippen molar-refractivity contribution in [3.05, 3.63) is 90.0 Å². The topological polar surface area (TPSA) is 27.7 Å². The minimum absolute atomic E-state index is 0.251. The van der Waals surface area contributed by atoms with Gasteiger partial charge >= 0.3 is 0 Å². The Bertz CT molecular complexity index is 894. The lowest BCUT2D eigenvalue weighted by Gasteiger charge is -2.27. The molecule has 3 rings (SSSR count). The number of anilines is 2. The molecule has 4 nitrogen and oxygen atoms in total. The van der Waals surface area contributed by atoms with E-state index in [0.717, 1.165) is 25.4 Å². The van der Waals surface area contributed by atoms with Crippen LogP contribution in [-0.4, -0.2) is 39.2 Å². The maximum atomic E-state index is 5.34. The maximum Gasteiger partial charge on any atom is 0.119 e. The van der Waals surface area contributed by atoms with Gasteiger partial charge in [-0.25, -0.2) is 0 Å². The molecular formula is C26H33N3O. The molecule has 3 aromatic carbocycles. The predicted octanol–water partition coefficient (Wildman–Crippen LogP) is 5.25. The van der Waals surface area contributed by atoms with E-state index in [4.69, 9.17) is 4.74 Å². The van der Waals surface area contributed by atoms with E-state index in [9.17, 15) is 0 Å². The molecule has 0 saturated heterocycles. The molecule has 0 heterocycles. The summed E-state index contributed by atoms with van der Waals surface area (Å²) < 4.78 is 5.34. The van der Waals surface area contributed by atoms with Crippen LogP contribution in [0.5, 0.6) is 5.75 Å². The number of likely N-dealkylation sites (N-methyl/N-ethyl adjacent to an activating group) is 1. The molecule has 0 bridgehead atoms. The minimum atomic E-state index is 0.251. The Morgan fingerprint density at radius 2 is 1.53 bits per heavy atom. The molecule has 0 spiro atoms. The number of ether oxygens (including phenoxy) is 1. The molecule has 158 valence electrons. The van der Waals surface area contributed by atoms with Crippen LogP contribution in [0.3, 0.4) is 0 Å². The van der Waals surface area contributed by atoms with E-state index >= 15 is 0 Å². The Balaban J connectivity index is 1.66. The van der Waals surface area contributed by atoms with Gasteiger partial charge in [0.1, 0.15) is 5.75 Å². The van der Waals surface area contributed by atoms with Gasteiger partial charge in [0.25, 0.3) is 0 Å². The third kappa shape index (κ3) is 6.09. The van der Waals surface area contributed by atoms with Crippen LogP contribution < -0.4 is 15.0 Å². The Kier molecular flexibility index (Phi) is 7.89. The van der Waals surface area contributed by atoms with Crippen molar-refractivity contribution in [3.8, 4) is 5.75 Å². The van der Waals surface area contributed by atoms with Crippen LogP contribution in [0.25, 0.3) is 0 Å². The van der Waals surface area contributed by atoms with Crippen molar-refractivity contribution in [2.24, 2.45) is 0 Å². The van der Waals surface area contributed by atoms with Crippen LogP contribution in [0.2, 0.25) is 0 Å². The lowest BCUT2D eigenvalue weighted by atomic mass is 10.1. The smallest absolute Gasteiger partial charge is 0.119 e. The van der Waals surface area contributed by atoms with E-state index in [1.807, 2.05) is 12.1 Å². The Morgan fingerprint density at radius 1 is 0.833 bits per heavy atom. The molecule has 0 aliphatic rings. The Hall–Kier alpha value is -2.82. The summed E-state index contributed by atoms with van der Waals surface area (Å²) in [6, 6.07) is 27.9. The number of benzene rings is 3. The first-order valence-corrected chi connectivity index (χ1v) is 10.5. The number of hydrogen-bond acceptors (Lipinski definition) is 4. The van der Waals surface area contributed by atoms with Crippen LogP contribution in [0.15, 0.2) is 78.9 Å². The van der Waals surface area contributed by atoms with Gasteiger partial charge in [-0.05, 0) is 68.5 Å². The summed E-state index contributed by atoms with van der Waals surface area (Å²) in [5, 5.41) is 3.61. The van der Waals surface area contributed by atoms with Crippen molar-refractivity contribution < 1.29 is 4.74 Å². The highest BCUT2D eigenvalue weighted by atomic mass is 16.5. The second kappa shape index (κ2) is 10.8. The zero-order chi connectivity index (χ0) is 21.3. The van der Waals surface area contributed by atoms with Gasteiger partial charge in [0.15, 0.2) is 0 Å². The highest BCUT2D eigenvalue weighted by molar-refractivity contribution is 5.63. The third-order valence-corrected chi connectivity index (χ3v) is 5.29. The first kappa shape index (κ1) is 21.9. The van der Waals surface area contributed by atoms with Gasteiger partial charge in [0, 0.05) is 37.1 Å². The van der Waals surface area contributed by atoms with Crippen molar-refractivity contribution in [2.45, 2.75) is 19.5 Å². The van der Waals surface area contributed by atoms with E-state index < -0.39 is 0 Å². The van der Waals surface area contributed by atoms with Crippen molar-refractivity contribution in [1.82, 2.24) is 10.2 Å². The van der Waals surface area contributed by atoms with Crippen molar-refractivity contribution in [2.75, 3.05) is 39.2 Å². The number of rotatable bonds is 10. The van der Waals surface area contributed by atoms with Gasteiger partial charge in [-0.2, -0.15) is 0 Å². The zero-order valence-electron chi connectivity index (χ0n) is 18.5. The van der Waals surface area contributed by atoms with Gasteiger partial charge < -0.3 is 19.9 Å². The number of nitrogens with zero attached hydrogens (tertiary/aromatic N) is 2. The number of methoxy groups -OCH3 is 1. The van der Waals surface area contributed by atoms with Gasteiger partial charge in [0.2, 0.25) is 0 Å². The third-order valence-electron chi connectivity index (χ3n) is 5.29. The molecule has 1 atom stereocenters. The molecule has 0 radical (unpaired) electrons. The molecule has 4 heteroatoms. The van der Waals surface area contributed by atoms with Crippen molar-refractivity contribution >= 4 is 11.4 Å². The summed E-state index contributed by atoms with van der Waals surface area (Å²) in [6.45, 7) is 4.95. The average Bonchev–Trinajstić information content (AvgIpc) is 2.79. The SMILES string of the molecule is COc1cccc([C@@H](C)NCc2ccc(N(CCN(C)C)c3ccccc3)cc2)c1. The molecule has 3 aromatic rings. The normalized spacial score (nSPS) is 12.0. The summed E-state index contributed by atoms with van der Waals surface area (Å²) in [6.07, 6.45) is 0. The second-order valence-electron chi connectivity index (χ2n) is 7.84. The summed E-state index contributed by atoms with van der Waals surface area (Å²) in [5.41, 5.74) is 4.93. The summed E-state index contributed by atoms with van der Waals surface area (Å²) in [5.74, 6) is 0.893. The maximum absolute atomic E-state index is 5.34. The first-order chi connectivity index (χ1) is 14.6. The molecule has 0 saturated carbocycles. The largest absolute Gasteiger partial charge is 0.497 e. The summed E-state index contributed by atoms with van der Waals surface area (Å²) >= 11 is 0. The lowest BCUT2D eigenvalue weighted by molar-refractivity contribution is 0.413. The minimum Gasteiger partial charge on any atom is -0.497 e. The Labute approximate surface area is 181 Å². The van der Waals surface area contributed by atoms with E-state index in [2.05, 4.69) is 103 Å². The highest BCUT2D eigenvalue weighted by Crippen LogP contribution is 2.25. The number of nitrogens with one attached hydrogen (secondary N) is 1. The molecule has 0 aliphatic carbocycles. The monoisotopic (exact) mass is 403 g/mol. The fourth-order valence-corrected chi connectivity index (χ4v) is 3.41. The van der Waals surface area contributed by atoms with Gasteiger partial charge in [-0.15, -0.1) is 0 Å². The van der Waals surface area contributed by atoms with Crippen LogP contribution in [0, 0.1) is 0 Å². The molecule has 0 aliphatic heterocycles. The highest BCUT2D eigenvalue weighted by Gasteiger charge is 2.10. The molecular weight excluding hydrogens is 370 g/mol. The van der Waals surface area contributed by atoms with Gasteiger partial charge in [0.05, 0.1) is 7.11 Å².